The fourth-order valence-electron chi connectivity index (χ4n) is 3.05. The SMILES string of the molecule is CC1(C)Cc2c(ccn2Cc2cc(Br)cs2)C(N)C1. The molecule has 2 aromatic heterocycles. The summed E-state index contributed by atoms with van der Waals surface area (Å²) in [5.41, 5.74) is 9.39. The van der Waals surface area contributed by atoms with Crippen LogP contribution in [0.1, 0.15) is 42.4 Å². The first kappa shape index (κ1) is 13.4. The molecule has 19 heavy (non-hydrogen) atoms. The molecule has 0 spiro atoms. The summed E-state index contributed by atoms with van der Waals surface area (Å²) in [6.45, 7) is 5.58. The van der Waals surface area contributed by atoms with E-state index >= 15 is 0 Å². The molecular formula is C15H19BrN2S. The number of halogens is 1. The molecule has 0 aromatic carbocycles. The third kappa shape index (κ3) is 2.67. The van der Waals surface area contributed by atoms with Gasteiger partial charge in [0.05, 0.1) is 6.54 Å². The molecule has 0 radical (unpaired) electrons. The molecule has 2 heterocycles. The maximum Gasteiger partial charge on any atom is 0.0566 e. The number of rotatable bonds is 2. The van der Waals surface area contributed by atoms with Crippen LogP contribution in [0.5, 0.6) is 0 Å². The third-order valence-electron chi connectivity index (χ3n) is 3.88. The van der Waals surface area contributed by atoms with E-state index in [4.69, 9.17) is 5.73 Å². The van der Waals surface area contributed by atoms with Crippen molar-refractivity contribution in [2.75, 3.05) is 0 Å². The van der Waals surface area contributed by atoms with E-state index in [1.165, 1.54) is 20.6 Å². The van der Waals surface area contributed by atoms with Crippen LogP contribution in [0.3, 0.4) is 0 Å². The molecule has 1 unspecified atom stereocenters. The van der Waals surface area contributed by atoms with Crippen LogP contribution in [0, 0.1) is 5.41 Å². The molecule has 0 amide bonds. The Morgan fingerprint density at radius 3 is 3.00 bits per heavy atom. The Kier molecular flexibility index (Phi) is 3.36. The first-order valence-corrected chi connectivity index (χ1v) is 8.28. The minimum atomic E-state index is 0.190. The molecule has 2 N–H and O–H groups in total. The summed E-state index contributed by atoms with van der Waals surface area (Å²) in [4.78, 5) is 1.38. The van der Waals surface area contributed by atoms with Gasteiger partial charge in [-0.1, -0.05) is 13.8 Å². The molecule has 2 aromatic rings. The molecule has 1 aliphatic carbocycles. The van der Waals surface area contributed by atoms with Crippen LogP contribution in [-0.4, -0.2) is 4.57 Å². The van der Waals surface area contributed by atoms with Gasteiger partial charge in [0.15, 0.2) is 0 Å². The zero-order valence-electron chi connectivity index (χ0n) is 11.3. The van der Waals surface area contributed by atoms with Gasteiger partial charge in [-0.15, -0.1) is 11.3 Å². The van der Waals surface area contributed by atoms with Crippen molar-refractivity contribution in [1.82, 2.24) is 4.57 Å². The lowest BCUT2D eigenvalue weighted by molar-refractivity contribution is 0.276. The Labute approximate surface area is 126 Å². The van der Waals surface area contributed by atoms with E-state index in [0.717, 1.165) is 19.4 Å². The normalized spacial score (nSPS) is 21.4. The number of hydrogen-bond donors (Lipinski definition) is 1. The van der Waals surface area contributed by atoms with Crippen molar-refractivity contribution in [1.29, 1.82) is 0 Å². The van der Waals surface area contributed by atoms with E-state index in [1.807, 2.05) is 0 Å². The minimum absolute atomic E-state index is 0.190. The van der Waals surface area contributed by atoms with E-state index in [1.54, 1.807) is 11.3 Å². The van der Waals surface area contributed by atoms with Crippen LogP contribution in [0.15, 0.2) is 28.2 Å². The summed E-state index contributed by atoms with van der Waals surface area (Å²) in [6, 6.07) is 4.60. The topological polar surface area (TPSA) is 30.9 Å². The summed E-state index contributed by atoms with van der Waals surface area (Å²) >= 11 is 5.32. The number of fused-ring (bicyclic) bond motifs is 1. The fraction of sp³-hybridized carbons (Fsp3) is 0.467. The molecule has 1 atom stereocenters. The molecule has 0 bridgehead atoms. The Morgan fingerprint density at radius 2 is 2.32 bits per heavy atom. The standard InChI is InChI=1S/C15H19BrN2S/c1-15(2)6-13(17)12-3-4-18(14(12)7-15)8-11-5-10(16)9-19-11/h3-5,9,13H,6-8,17H2,1-2H3. The van der Waals surface area contributed by atoms with Crippen LogP contribution in [0.25, 0.3) is 0 Å². The molecule has 4 heteroatoms. The number of thiophene rings is 1. The smallest absolute Gasteiger partial charge is 0.0566 e. The molecule has 0 fully saturated rings. The van der Waals surface area contributed by atoms with Gasteiger partial charge in [-0.25, -0.2) is 0 Å². The number of aromatic nitrogens is 1. The van der Waals surface area contributed by atoms with Crippen LogP contribution >= 0.6 is 27.3 Å². The van der Waals surface area contributed by atoms with Gasteiger partial charge in [0, 0.05) is 32.7 Å². The lowest BCUT2D eigenvalue weighted by Gasteiger charge is -2.34. The zero-order valence-corrected chi connectivity index (χ0v) is 13.7. The summed E-state index contributed by atoms with van der Waals surface area (Å²) < 4.78 is 3.54. The molecule has 0 saturated heterocycles. The van der Waals surface area contributed by atoms with E-state index in [0.29, 0.717) is 5.41 Å². The van der Waals surface area contributed by atoms with Gasteiger partial charge in [-0.2, -0.15) is 0 Å². The molecule has 1 aliphatic rings. The highest BCUT2D eigenvalue weighted by molar-refractivity contribution is 9.10. The van der Waals surface area contributed by atoms with Crippen LogP contribution < -0.4 is 5.73 Å². The molecule has 0 aliphatic heterocycles. The van der Waals surface area contributed by atoms with Gasteiger partial charge >= 0.3 is 0 Å². The molecule has 2 nitrogen and oxygen atoms in total. The summed E-state index contributed by atoms with van der Waals surface area (Å²) in [5.74, 6) is 0. The Morgan fingerprint density at radius 1 is 1.53 bits per heavy atom. The zero-order chi connectivity index (χ0) is 13.6. The Bertz CT molecular complexity index is 597. The summed E-state index contributed by atoms with van der Waals surface area (Å²) in [5, 5.41) is 2.14. The van der Waals surface area contributed by atoms with Crippen molar-refractivity contribution in [3.63, 3.8) is 0 Å². The first-order chi connectivity index (χ1) is 8.94. The highest BCUT2D eigenvalue weighted by Crippen LogP contribution is 2.40. The van der Waals surface area contributed by atoms with Gasteiger partial charge in [0.1, 0.15) is 0 Å². The second-order valence-corrected chi connectivity index (χ2v) is 8.14. The molecular weight excluding hydrogens is 320 g/mol. The monoisotopic (exact) mass is 338 g/mol. The average Bonchev–Trinajstić information content (AvgIpc) is 2.86. The second kappa shape index (κ2) is 4.76. The quantitative estimate of drug-likeness (QED) is 0.867. The van der Waals surface area contributed by atoms with Crippen molar-refractivity contribution < 1.29 is 0 Å². The largest absolute Gasteiger partial charge is 0.346 e. The average molecular weight is 339 g/mol. The predicted octanol–water partition coefficient (Wildman–Crippen LogP) is 4.33. The van der Waals surface area contributed by atoms with Crippen molar-refractivity contribution in [3.05, 3.63) is 44.3 Å². The van der Waals surface area contributed by atoms with Crippen molar-refractivity contribution in [2.24, 2.45) is 11.1 Å². The van der Waals surface area contributed by atoms with Crippen LogP contribution in [0.4, 0.5) is 0 Å². The maximum atomic E-state index is 6.31. The number of nitrogens with zero attached hydrogens (tertiary/aromatic N) is 1. The number of nitrogens with two attached hydrogens (primary N) is 1. The Hall–Kier alpha value is -0.580. The van der Waals surface area contributed by atoms with Gasteiger partial charge in [-0.05, 0) is 51.9 Å². The van der Waals surface area contributed by atoms with Gasteiger partial charge in [0.25, 0.3) is 0 Å². The van der Waals surface area contributed by atoms with Crippen LogP contribution in [-0.2, 0) is 13.0 Å². The molecule has 3 rings (SSSR count). The Balaban J connectivity index is 1.92. The van der Waals surface area contributed by atoms with Crippen molar-refractivity contribution in [3.8, 4) is 0 Å². The van der Waals surface area contributed by atoms with E-state index < -0.39 is 0 Å². The highest BCUT2D eigenvalue weighted by Gasteiger charge is 2.32. The maximum absolute atomic E-state index is 6.31. The van der Waals surface area contributed by atoms with Gasteiger partial charge in [0.2, 0.25) is 0 Å². The van der Waals surface area contributed by atoms with Gasteiger partial charge < -0.3 is 10.3 Å². The second-order valence-electron chi connectivity index (χ2n) is 6.23. The lowest BCUT2D eigenvalue weighted by atomic mass is 9.74. The minimum Gasteiger partial charge on any atom is -0.346 e. The first-order valence-electron chi connectivity index (χ1n) is 6.61. The van der Waals surface area contributed by atoms with E-state index in [2.05, 4.69) is 58.1 Å². The van der Waals surface area contributed by atoms with Crippen molar-refractivity contribution >= 4 is 27.3 Å². The fourth-order valence-corrected chi connectivity index (χ4v) is 4.50. The summed E-state index contributed by atoms with van der Waals surface area (Å²) in [6.07, 6.45) is 4.39. The van der Waals surface area contributed by atoms with Crippen LogP contribution in [0.2, 0.25) is 0 Å². The van der Waals surface area contributed by atoms with Gasteiger partial charge in [-0.3, -0.25) is 0 Å². The third-order valence-corrected chi connectivity index (χ3v) is 5.56. The number of hydrogen-bond acceptors (Lipinski definition) is 2. The lowest BCUT2D eigenvalue weighted by Crippen LogP contribution is -2.30. The van der Waals surface area contributed by atoms with Crippen molar-refractivity contribution in [2.45, 2.75) is 39.3 Å². The highest BCUT2D eigenvalue weighted by atomic mass is 79.9. The molecule has 102 valence electrons. The van der Waals surface area contributed by atoms with E-state index in [9.17, 15) is 0 Å². The summed E-state index contributed by atoms with van der Waals surface area (Å²) in [7, 11) is 0. The van der Waals surface area contributed by atoms with E-state index in [-0.39, 0.29) is 6.04 Å². The molecule has 0 saturated carbocycles. The predicted molar refractivity (Wildman–Crippen MR) is 84.6 cm³/mol.